The van der Waals surface area contributed by atoms with Crippen LogP contribution in [0.25, 0.3) is 0 Å². The second kappa shape index (κ2) is 6.14. The zero-order chi connectivity index (χ0) is 14.6. The van der Waals surface area contributed by atoms with Gasteiger partial charge in [-0.2, -0.15) is 21.6 Å². The Morgan fingerprint density at radius 2 is 1.78 bits per heavy atom. The van der Waals surface area contributed by atoms with Gasteiger partial charge < -0.3 is 0 Å². The van der Waals surface area contributed by atoms with Crippen LogP contribution in [0.5, 0.6) is 0 Å². The molecule has 1 fully saturated rings. The summed E-state index contributed by atoms with van der Waals surface area (Å²) in [4.78, 5) is 21.5. The number of nitrogens with one attached hydrogen (secondary N) is 1. The van der Waals surface area contributed by atoms with E-state index in [1.54, 1.807) is 5.32 Å². The van der Waals surface area contributed by atoms with Crippen LogP contribution < -0.4 is 5.32 Å². The highest BCUT2D eigenvalue weighted by Gasteiger charge is 2.50. The number of carbonyl (C=O) groups is 2. The Morgan fingerprint density at radius 1 is 1.28 bits per heavy atom. The smallest absolute Gasteiger partial charge is 0.294 e. The molecule has 1 heterocycles. The molecule has 0 bridgehead atoms. The van der Waals surface area contributed by atoms with Crippen molar-refractivity contribution in [1.29, 1.82) is 0 Å². The maximum atomic E-state index is 11.9. The van der Waals surface area contributed by atoms with E-state index in [-0.39, 0.29) is 6.42 Å². The Hall–Kier alpha value is -1.16. The van der Waals surface area contributed by atoms with Gasteiger partial charge in [-0.1, -0.05) is 13.8 Å². The van der Waals surface area contributed by atoms with Crippen LogP contribution in [0, 0.1) is 0 Å². The highest BCUT2D eigenvalue weighted by atomic mass is 32.2. The molecule has 2 amide bonds. The fourth-order valence-electron chi connectivity index (χ4n) is 0.973. The third-order valence-corrected chi connectivity index (χ3v) is 2.77. The summed E-state index contributed by atoms with van der Waals surface area (Å²) >= 11 is 0. The highest BCUT2D eigenvalue weighted by molar-refractivity contribution is 7.87. The molecule has 1 rings (SSSR count). The van der Waals surface area contributed by atoms with Gasteiger partial charge in [0.2, 0.25) is 5.91 Å². The van der Waals surface area contributed by atoms with E-state index in [2.05, 4.69) is 4.18 Å². The van der Waals surface area contributed by atoms with Gasteiger partial charge in [0.1, 0.15) is 0 Å². The van der Waals surface area contributed by atoms with Crippen LogP contribution in [0.3, 0.4) is 0 Å². The van der Waals surface area contributed by atoms with Gasteiger partial charge in [-0.25, -0.2) is 4.18 Å². The molecule has 1 N–H and O–H groups in total. The van der Waals surface area contributed by atoms with Crippen molar-refractivity contribution in [1.82, 2.24) is 5.32 Å². The third-order valence-electron chi connectivity index (χ3n) is 1.71. The van der Waals surface area contributed by atoms with E-state index in [9.17, 15) is 31.2 Å². The van der Waals surface area contributed by atoms with Crippen LogP contribution in [-0.2, 0) is 23.9 Å². The normalized spacial score (nSPS) is 20.8. The van der Waals surface area contributed by atoms with E-state index in [4.69, 9.17) is 0 Å². The number of imide groups is 1. The first-order valence-corrected chi connectivity index (χ1v) is 6.37. The minimum atomic E-state index is -5.82. The summed E-state index contributed by atoms with van der Waals surface area (Å²) in [6.07, 6.45) is -2.49. The molecular formula is C8H12F3NO5S. The molecule has 1 atom stereocenters. The second-order valence-electron chi connectivity index (χ2n) is 2.94. The van der Waals surface area contributed by atoms with Gasteiger partial charge >= 0.3 is 15.6 Å². The molecule has 0 aliphatic carbocycles. The van der Waals surface area contributed by atoms with Gasteiger partial charge in [0.05, 0.1) is 0 Å². The summed E-state index contributed by atoms with van der Waals surface area (Å²) in [5, 5.41) is 1.67. The largest absolute Gasteiger partial charge is 0.523 e. The van der Waals surface area contributed by atoms with Gasteiger partial charge in [-0.05, 0) is 6.42 Å². The number of carbonyl (C=O) groups excluding carboxylic acids is 2. The summed E-state index contributed by atoms with van der Waals surface area (Å²) in [5.41, 5.74) is -5.59. The van der Waals surface area contributed by atoms with Crippen molar-refractivity contribution in [2.45, 2.75) is 38.3 Å². The van der Waals surface area contributed by atoms with Gasteiger partial charge in [0.15, 0.2) is 6.10 Å². The van der Waals surface area contributed by atoms with E-state index in [0.29, 0.717) is 0 Å². The summed E-state index contributed by atoms with van der Waals surface area (Å²) in [5.74, 6) is -1.88. The molecule has 10 heteroatoms. The molecule has 0 saturated carbocycles. The fourth-order valence-corrected chi connectivity index (χ4v) is 1.57. The Kier molecular flexibility index (Phi) is 5.74. The highest BCUT2D eigenvalue weighted by Crippen LogP contribution is 2.27. The predicted molar refractivity (Wildman–Crippen MR) is 53.6 cm³/mol. The summed E-state index contributed by atoms with van der Waals surface area (Å²) in [6, 6.07) is 0. The molecule has 0 spiro atoms. The minimum Gasteiger partial charge on any atom is -0.294 e. The van der Waals surface area contributed by atoms with Crippen LogP contribution in [0.4, 0.5) is 13.2 Å². The van der Waals surface area contributed by atoms with Crippen molar-refractivity contribution in [2.75, 3.05) is 0 Å². The maximum Gasteiger partial charge on any atom is 0.523 e. The average Bonchev–Trinajstić information content (AvgIpc) is 2.23. The Balaban J connectivity index is 0.00000137. The second-order valence-corrected chi connectivity index (χ2v) is 4.50. The molecule has 1 saturated heterocycles. The van der Waals surface area contributed by atoms with Crippen LogP contribution in [0.2, 0.25) is 0 Å². The molecule has 18 heavy (non-hydrogen) atoms. The minimum absolute atomic E-state index is 0.274. The van der Waals surface area contributed by atoms with Crippen LogP contribution in [0.1, 0.15) is 26.7 Å². The van der Waals surface area contributed by atoms with Crippen molar-refractivity contribution >= 4 is 21.9 Å². The SMILES string of the molecule is CC.O=C1CCC(OS(=O)(=O)C(F)(F)F)C(=O)N1. The van der Waals surface area contributed by atoms with Crippen LogP contribution in [-0.4, -0.2) is 31.8 Å². The molecule has 0 aromatic carbocycles. The molecule has 1 aliphatic heterocycles. The summed E-state index contributed by atoms with van der Waals surface area (Å²) < 4.78 is 60.4. The first-order valence-electron chi connectivity index (χ1n) is 4.97. The molecule has 0 radical (unpaired) electrons. The zero-order valence-corrected chi connectivity index (χ0v) is 10.4. The first-order chi connectivity index (χ1) is 8.13. The fraction of sp³-hybridized carbons (Fsp3) is 0.750. The van der Waals surface area contributed by atoms with E-state index in [0.717, 1.165) is 0 Å². The Bertz CT molecular complexity index is 417. The van der Waals surface area contributed by atoms with Gasteiger partial charge in [0.25, 0.3) is 5.91 Å². The van der Waals surface area contributed by atoms with Crippen molar-refractivity contribution < 1.29 is 35.4 Å². The van der Waals surface area contributed by atoms with Crippen molar-refractivity contribution in [3.8, 4) is 0 Å². The Labute approximate surface area is 102 Å². The lowest BCUT2D eigenvalue weighted by molar-refractivity contribution is -0.139. The van der Waals surface area contributed by atoms with Crippen LogP contribution >= 0.6 is 0 Å². The number of alkyl halides is 3. The molecular weight excluding hydrogens is 279 g/mol. The van der Waals surface area contributed by atoms with E-state index < -0.39 is 40.0 Å². The number of piperidine rings is 1. The molecule has 6 nitrogen and oxygen atoms in total. The van der Waals surface area contributed by atoms with E-state index in [1.807, 2.05) is 13.8 Å². The zero-order valence-electron chi connectivity index (χ0n) is 9.57. The summed E-state index contributed by atoms with van der Waals surface area (Å²) in [7, 11) is -5.82. The lowest BCUT2D eigenvalue weighted by Crippen LogP contribution is -2.47. The predicted octanol–water partition coefficient (Wildman–Crippen LogP) is 0.684. The quantitative estimate of drug-likeness (QED) is 0.459. The van der Waals surface area contributed by atoms with Crippen molar-refractivity contribution in [3.05, 3.63) is 0 Å². The standard InChI is InChI=1S/C6H6F3NO5S.C2H6/c7-6(8,9)16(13,14)15-3-1-2-4(11)10-5(3)12;1-2/h3H,1-2H2,(H,10,11,12);1-2H3. The maximum absolute atomic E-state index is 11.9. The molecule has 0 aromatic rings. The Morgan fingerprint density at radius 3 is 2.17 bits per heavy atom. The molecule has 1 unspecified atom stereocenters. The number of halogens is 3. The monoisotopic (exact) mass is 291 g/mol. The number of hydrogen-bond acceptors (Lipinski definition) is 5. The topological polar surface area (TPSA) is 89.5 Å². The van der Waals surface area contributed by atoms with Crippen LogP contribution in [0.15, 0.2) is 0 Å². The summed E-state index contributed by atoms with van der Waals surface area (Å²) in [6.45, 7) is 4.00. The number of rotatable bonds is 2. The number of amides is 2. The van der Waals surface area contributed by atoms with E-state index >= 15 is 0 Å². The van der Waals surface area contributed by atoms with Gasteiger partial charge in [-0.15, -0.1) is 0 Å². The van der Waals surface area contributed by atoms with Crippen molar-refractivity contribution in [3.63, 3.8) is 0 Å². The van der Waals surface area contributed by atoms with Crippen molar-refractivity contribution in [2.24, 2.45) is 0 Å². The third kappa shape index (κ3) is 4.26. The molecule has 106 valence electrons. The lowest BCUT2D eigenvalue weighted by Gasteiger charge is -2.20. The lowest BCUT2D eigenvalue weighted by atomic mass is 10.1. The number of hydrogen-bond donors (Lipinski definition) is 1. The molecule has 1 aliphatic rings. The van der Waals surface area contributed by atoms with Gasteiger partial charge in [-0.3, -0.25) is 14.9 Å². The molecule has 0 aromatic heterocycles. The first kappa shape index (κ1) is 16.8. The average molecular weight is 291 g/mol. The van der Waals surface area contributed by atoms with Gasteiger partial charge in [0, 0.05) is 6.42 Å². The van der Waals surface area contributed by atoms with E-state index in [1.165, 1.54) is 0 Å².